The summed E-state index contributed by atoms with van der Waals surface area (Å²) in [5.41, 5.74) is 14.0. The van der Waals surface area contributed by atoms with Crippen LogP contribution in [0.4, 0.5) is 13.2 Å². The number of alkyl halides is 3. The zero-order valence-corrected chi connectivity index (χ0v) is 17.4. The van der Waals surface area contributed by atoms with Crippen molar-refractivity contribution >= 4 is 5.70 Å². The van der Waals surface area contributed by atoms with Crippen molar-refractivity contribution in [1.82, 2.24) is 15.5 Å². The molecular weight excluding hydrogens is 407 g/mol. The molecule has 4 rings (SSSR count). The van der Waals surface area contributed by atoms with Crippen molar-refractivity contribution in [1.29, 1.82) is 0 Å². The van der Waals surface area contributed by atoms with Gasteiger partial charge in [0.1, 0.15) is 5.75 Å². The molecule has 2 saturated heterocycles. The molecule has 1 aromatic carbocycles. The van der Waals surface area contributed by atoms with Gasteiger partial charge in [0.25, 0.3) is 0 Å². The normalized spacial score (nSPS) is 26.5. The molecule has 2 aliphatic heterocycles. The number of aromatic hydroxyl groups is 1. The van der Waals surface area contributed by atoms with Gasteiger partial charge < -0.3 is 27.2 Å². The number of benzene rings is 1. The molecule has 0 amide bonds. The van der Waals surface area contributed by atoms with E-state index in [-0.39, 0.29) is 17.3 Å². The van der Waals surface area contributed by atoms with Gasteiger partial charge in [0.05, 0.1) is 11.4 Å². The summed E-state index contributed by atoms with van der Waals surface area (Å²) < 4.78 is 38.7. The van der Waals surface area contributed by atoms with E-state index >= 15 is 0 Å². The quantitative estimate of drug-likeness (QED) is 0.496. The van der Waals surface area contributed by atoms with Gasteiger partial charge in [-0.05, 0) is 68.0 Å². The summed E-state index contributed by atoms with van der Waals surface area (Å²) in [4.78, 5) is 2.50. The van der Waals surface area contributed by atoms with Gasteiger partial charge >= 0.3 is 6.18 Å². The van der Waals surface area contributed by atoms with Crippen LogP contribution in [0, 0.1) is 0 Å². The Labute approximate surface area is 180 Å². The Kier molecular flexibility index (Phi) is 6.07. The van der Waals surface area contributed by atoms with Crippen molar-refractivity contribution in [2.45, 2.75) is 50.4 Å². The molecule has 6 nitrogen and oxygen atoms in total. The molecular formula is C22H30F3N5O. The maximum atomic E-state index is 12.9. The van der Waals surface area contributed by atoms with Gasteiger partial charge in [-0.2, -0.15) is 13.2 Å². The average Bonchev–Trinajstić information content (AvgIpc) is 3.15. The van der Waals surface area contributed by atoms with E-state index in [0.717, 1.165) is 69.1 Å². The molecule has 3 aliphatic rings. The number of piperidine rings is 1. The van der Waals surface area contributed by atoms with Crippen molar-refractivity contribution < 1.29 is 18.3 Å². The number of phenolic OH excluding ortho intramolecular Hbond substituents is 1. The van der Waals surface area contributed by atoms with Crippen LogP contribution in [-0.4, -0.2) is 48.3 Å². The Morgan fingerprint density at radius 3 is 2.52 bits per heavy atom. The Morgan fingerprint density at radius 1 is 1.13 bits per heavy atom. The van der Waals surface area contributed by atoms with Gasteiger partial charge in [-0.25, -0.2) is 0 Å². The summed E-state index contributed by atoms with van der Waals surface area (Å²) >= 11 is 0. The Hall–Kier alpha value is -2.39. The minimum Gasteiger partial charge on any atom is -0.507 e. The molecule has 170 valence electrons. The second-order valence-electron chi connectivity index (χ2n) is 8.66. The van der Waals surface area contributed by atoms with Crippen molar-refractivity contribution in [2.24, 2.45) is 11.5 Å². The van der Waals surface area contributed by atoms with E-state index in [0.29, 0.717) is 24.4 Å². The number of likely N-dealkylation sites (tertiary alicyclic amines) is 1. The molecule has 1 atom stereocenters. The number of halogens is 3. The largest absolute Gasteiger partial charge is 0.507 e. The summed E-state index contributed by atoms with van der Waals surface area (Å²) in [6, 6.07) is 3.73. The number of hydrogen-bond donors (Lipinski definition) is 5. The van der Waals surface area contributed by atoms with E-state index in [9.17, 15) is 18.3 Å². The van der Waals surface area contributed by atoms with Gasteiger partial charge in [0, 0.05) is 43.0 Å². The third-order valence-corrected chi connectivity index (χ3v) is 6.57. The second kappa shape index (κ2) is 8.63. The van der Waals surface area contributed by atoms with Gasteiger partial charge in [-0.3, -0.25) is 4.90 Å². The molecule has 1 saturated carbocycles. The number of nitrogens with zero attached hydrogens (tertiary/aromatic N) is 1. The van der Waals surface area contributed by atoms with Crippen LogP contribution in [0.1, 0.15) is 43.2 Å². The molecule has 7 N–H and O–H groups in total. The summed E-state index contributed by atoms with van der Waals surface area (Å²) in [6.45, 7) is 4.10. The lowest BCUT2D eigenvalue weighted by Crippen LogP contribution is -2.61. The Bertz CT molecular complexity index is 892. The first-order valence-electron chi connectivity index (χ1n) is 10.8. The number of phenols is 1. The fourth-order valence-electron chi connectivity index (χ4n) is 4.73. The second-order valence-corrected chi connectivity index (χ2v) is 8.66. The van der Waals surface area contributed by atoms with Crippen LogP contribution in [0.25, 0.3) is 5.70 Å². The van der Waals surface area contributed by atoms with E-state index in [1.54, 1.807) is 0 Å². The highest BCUT2D eigenvalue weighted by Gasteiger charge is 2.32. The monoisotopic (exact) mass is 437 g/mol. The lowest BCUT2D eigenvalue weighted by atomic mass is 9.99. The molecule has 0 aromatic heterocycles. The van der Waals surface area contributed by atoms with Crippen LogP contribution < -0.4 is 22.1 Å². The third-order valence-electron chi connectivity index (χ3n) is 6.57. The number of nitrogens with two attached hydrogens (primary N) is 2. The topological polar surface area (TPSA) is 99.6 Å². The smallest absolute Gasteiger partial charge is 0.416 e. The number of nitrogens with one attached hydrogen (secondary N) is 2. The van der Waals surface area contributed by atoms with Crippen LogP contribution in [-0.2, 0) is 6.18 Å². The number of rotatable bonds is 4. The van der Waals surface area contributed by atoms with E-state index in [2.05, 4.69) is 15.5 Å². The summed E-state index contributed by atoms with van der Waals surface area (Å²) in [7, 11) is 0. The zero-order valence-electron chi connectivity index (χ0n) is 17.4. The maximum absolute atomic E-state index is 12.9. The molecule has 0 radical (unpaired) electrons. The standard InChI is InChI=1S/C22H30F3N5O/c23-22(24,25)13-6-7-18(19(31)9-13)20(26)16-4-1-5-17(16)21(27)29-14-3-2-8-30(12-14)15-10-28-11-15/h6-7,9,14-15,28-29,31H,1-5,8,10-12,26-27H2/b20-16-,21-17+. The minimum atomic E-state index is -4.52. The highest BCUT2D eigenvalue weighted by atomic mass is 19.4. The van der Waals surface area contributed by atoms with Crippen molar-refractivity contribution in [3.8, 4) is 5.75 Å². The fraction of sp³-hybridized carbons (Fsp3) is 0.545. The molecule has 0 bridgehead atoms. The van der Waals surface area contributed by atoms with Crippen molar-refractivity contribution in [3.05, 3.63) is 46.3 Å². The number of allylic oxidation sites excluding steroid dienone is 2. The van der Waals surface area contributed by atoms with Crippen LogP contribution in [0.15, 0.2) is 35.2 Å². The zero-order chi connectivity index (χ0) is 22.2. The van der Waals surface area contributed by atoms with Gasteiger partial charge in [0.15, 0.2) is 0 Å². The highest BCUT2D eigenvalue weighted by Crippen LogP contribution is 2.39. The molecule has 0 spiro atoms. The third kappa shape index (κ3) is 4.62. The lowest BCUT2D eigenvalue weighted by molar-refractivity contribution is -0.137. The van der Waals surface area contributed by atoms with E-state index in [1.807, 2.05) is 0 Å². The summed E-state index contributed by atoms with van der Waals surface area (Å²) in [5.74, 6) is 0.107. The van der Waals surface area contributed by atoms with Crippen LogP contribution in [0.5, 0.6) is 5.75 Å². The molecule has 2 heterocycles. The van der Waals surface area contributed by atoms with Gasteiger partial charge in [0.2, 0.25) is 0 Å². The Morgan fingerprint density at radius 2 is 1.87 bits per heavy atom. The lowest BCUT2D eigenvalue weighted by Gasteiger charge is -2.43. The average molecular weight is 438 g/mol. The van der Waals surface area contributed by atoms with E-state index < -0.39 is 17.5 Å². The summed E-state index contributed by atoms with van der Waals surface area (Å²) in [6.07, 6.45) is -0.0819. The number of hydrogen-bond acceptors (Lipinski definition) is 6. The fourth-order valence-corrected chi connectivity index (χ4v) is 4.73. The first-order valence-corrected chi connectivity index (χ1v) is 10.8. The van der Waals surface area contributed by atoms with Crippen molar-refractivity contribution in [2.75, 3.05) is 26.2 Å². The first kappa shape index (κ1) is 21.8. The molecule has 31 heavy (non-hydrogen) atoms. The predicted octanol–water partition coefficient (Wildman–Crippen LogP) is 2.46. The SMILES string of the molecule is N/C(=C1/CCC/C1=C(/N)NC1CCCN(C2CNC2)C1)c1ccc(C(F)(F)F)cc1O. The van der Waals surface area contributed by atoms with Crippen molar-refractivity contribution in [3.63, 3.8) is 0 Å². The van der Waals surface area contributed by atoms with Gasteiger partial charge in [-0.15, -0.1) is 0 Å². The highest BCUT2D eigenvalue weighted by molar-refractivity contribution is 5.75. The molecule has 1 aromatic rings. The Balaban J connectivity index is 1.54. The van der Waals surface area contributed by atoms with E-state index in [1.165, 1.54) is 6.07 Å². The molecule has 1 unspecified atom stereocenters. The predicted molar refractivity (Wildman–Crippen MR) is 114 cm³/mol. The maximum Gasteiger partial charge on any atom is 0.416 e. The molecule has 1 aliphatic carbocycles. The summed E-state index contributed by atoms with van der Waals surface area (Å²) in [5, 5.41) is 17.0. The molecule has 3 fully saturated rings. The van der Waals surface area contributed by atoms with Gasteiger partial charge in [-0.1, -0.05) is 0 Å². The first-order chi connectivity index (χ1) is 14.7. The van der Waals surface area contributed by atoms with Crippen LogP contribution in [0.2, 0.25) is 0 Å². The van der Waals surface area contributed by atoms with Crippen LogP contribution in [0.3, 0.4) is 0 Å². The molecule has 9 heteroatoms. The van der Waals surface area contributed by atoms with E-state index in [4.69, 9.17) is 11.5 Å². The van der Waals surface area contributed by atoms with Crippen LogP contribution >= 0.6 is 0 Å². The minimum absolute atomic E-state index is 0.205.